The van der Waals surface area contributed by atoms with Gasteiger partial charge in [0.15, 0.2) is 0 Å². The van der Waals surface area contributed by atoms with E-state index in [0.29, 0.717) is 22.5 Å². The fourth-order valence-electron chi connectivity index (χ4n) is 1.77. The minimum atomic E-state index is -0.892. The molecule has 6 heteroatoms. The number of halogens is 1. The summed E-state index contributed by atoms with van der Waals surface area (Å²) in [5, 5.41) is 11.4. The normalized spacial score (nSPS) is 10.1. The van der Waals surface area contributed by atoms with E-state index >= 15 is 0 Å². The maximum absolute atomic E-state index is 12.1. The molecule has 0 aliphatic rings. The van der Waals surface area contributed by atoms with E-state index in [1.165, 1.54) is 0 Å². The molecule has 108 valence electrons. The Hall–Kier alpha value is -2.34. The summed E-state index contributed by atoms with van der Waals surface area (Å²) in [4.78, 5) is 22.7. The van der Waals surface area contributed by atoms with Crippen LogP contribution in [0, 0.1) is 0 Å². The number of amides is 1. The summed E-state index contributed by atoms with van der Waals surface area (Å²) in [6.07, 6.45) is -0.0442. The van der Waals surface area contributed by atoms with Crippen molar-refractivity contribution in [1.29, 1.82) is 0 Å². The number of aliphatic carboxylic acids is 1. The van der Waals surface area contributed by atoms with Crippen LogP contribution in [-0.4, -0.2) is 17.0 Å². The van der Waals surface area contributed by atoms with Crippen LogP contribution < -0.4 is 11.1 Å². The molecular weight excluding hydrogens is 336 g/mol. The molecule has 0 spiro atoms. The minimum Gasteiger partial charge on any atom is -0.481 e. The maximum atomic E-state index is 12.1. The highest BCUT2D eigenvalue weighted by Gasteiger charge is 2.08. The van der Waals surface area contributed by atoms with E-state index in [0.717, 1.165) is 4.47 Å². The van der Waals surface area contributed by atoms with Crippen molar-refractivity contribution < 1.29 is 14.7 Å². The predicted octanol–water partition coefficient (Wildman–Crippen LogP) is 2.91. The minimum absolute atomic E-state index is 0.0442. The molecule has 0 radical (unpaired) electrons. The molecule has 0 bridgehead atoms. The number of carboxylic acids is 1. The third-order valence-electron chi connectivity index (χ3n) is 2.83. The number of anilines is 2. The molecule has 0 atom stereocenters. The quantitative estimate of drug-likeness (QED) is 0.740. The van der Waals surface area contributed by atoms with Crippen molar-refractivity contribution in [1.82, 2.24) is 0 Å². The molecule has 0 fully saturated rings. The monoisotopic (exact) mass is 348 g/mol. The summed E-state index contributed by atoms with van der Waals surface area (Å²) in [6.45, 7) is 0. The second-order valence-electron chi connectivity index (χ2n) is 4.46. The zero-order chi connectivity index (χ0) is 15.4. The Morgan fingerprint density at radius 3 is 2.38 bits per heavy atom. The van der Waals surface area contributed by atoms with Crippen LogP contribution in [0.2, 0.25) is 0 Å². The molecule has 0 aliphatic heterocycles. The van der Waals surface area contributed by atoms with Crippen LogP contribution >= 0.6 is 15.9 Å². The summed E-state index contributed by atoms with van der Waals surface area (Å²) < 4.78 is 0.733. The molecule has 0 aromatic heterocycles. The van der Waals surface area contributed by atoms with Crippen molar-refractivity contribution in [2.24, 2.45) is 0 Å². The van der Waals surface area contributed by atoms with Crippen LogP contribution in [0.5, 0.6) is 0 Å². The molecule has 2 aromatic carbocycles. The van der Waals surface area contributed by atoms with Gasteiger partial charge in [0.2, 0.25) is 0 Å². The number of rotatable bonds is 4. The van der Waals surface area contributed by atoms with E-state index < -0.39 is 5.97 Å². The first-order valence-electron chi connectivity index (χ1n) is 6.13. The van der Waals surface area contributed by atoms with Gasteiger partial charge >= 0.3 is 5.97 Å². The number of nitrogens with one attached hydrogen (secondary N) is 1. The number of nitrogen functional groups attached to an aromatic ring is 1. The van der Waals surface area contributed by atoms with Crippen LogP contribution in [0.15, 0.2) is 46.9 Å². The summed E-state index contributed by atoms with van der Waals surface area (Å²) in [6, 6.07) is 11.6. The van der Waals surface area contributed by atoms with Crippen molar-refractivity contribution in [2.45, 2.75) is 6.42 Å². The second kappa shape index (κ2) is 6.41. The summed E-state index contributed by atoms with van der Waals surface area (Å²) in [5.74, 6) is -1.17. The van der Waals surface area contributed by atoms with E-state index in [-0.39, 0.29) is 12.3 Å². The van der Waals surface area contributed by atoms with Gasteiger partial charge in [0.25, 0.3) is 5.91 Å². The molecule has 0 aliphatic carbocycles. The Bertz CT molecular complexity index is 684. The molecule has 21 heavy (non-hydrogen) atoms. The fourth-order valence-corrected chi connectivity index (χ4v) is 2.02. The summed E-state index contributed by atoms with van der Waals surface area (Å²) in [7, 11) is 0. The van der Waals surface area contributed by atoms with Gasteiger partial charge < -0.3 is 16.2 Å². The lowest BCUT2D eigenvalue weighted by Gasteiger charge is -2.07. The van der Waals surface area contributed by atoms with Crippen molar-refractivity contribution in [3.8, 4) is 0 Å². The maximum Gasteiger partial charge on any atom is 0.307 e. The zero-order valence-corrected chi connectivity index (χ0v) is 12.6. The van der Waals surface area contributed by atoms with E-state index in [4.69, 9.17) is 10.8 Å². The molecular formula is C15H13BrN2O3. The second-order valence-corrected chi connectivity index (χ2v) is 5.31. The molecule has 2 rings (SSSR count). The number of nitrogens with two attached hydrogens (primary N) is 1. The average Bonchev–Trinajstić information content (AvgIpc) is 2.43. The topological polar surface area (TPSA) is 92.4 Å². The van der Waals surface area contributed by atoms with Gasteiger partial charge in [0.05, 0.1) is 6.42 Å². The van der Waals surface area contributed by atoms with Crippen molar-refractivity contribution in [3.05, 3.63) is 58.1 Å². The van der Waals surface area contributed by atoms with Gasteiger partial charge in [-0.1, -0.05) is 12.1 Å². The van der Waals surface area contributed by atoms with E-state index in [1.54, 1.807) is 42.5 Å². The van der Waals surface area contributed by atoms with Gasteiger partial charge in [0.1, 0.15) is 0 Å². The van der Waals surface area contributed by atoms with Crippen LogP contribution in [0.3, 0.4) is 0 Å². The van der Waals surface area contributed by atoms with Gasteiger partial charge in [0, 0.05) is 21.4 Å². The Morgan fingerprint density at radius 2 is 1.81 bits per heavy atom. The van der Waals surface area contributed by atoms with Gasteiger partial charge in [-0.15, -0.1) is 0 Å². The highest BCUT2D eigenvalue weighted by molar-refractivity contribution is 9.10. The van der Waals surface area contributed by atoms with Gasteiger partial charge in [-0.3, -0.25) is 9.59 Å². The molecule has 2 aromatic rings. The first kappa shape index (κ1) is 15.1. The smallest absolute Gasteiger partial charge is 0.307 e. The molecule has 0 heterocycles. The number of hydrogen-bond acceptors (Lipinski definition) is 3. The molecule has 5 nitrogen and oxygen atoms in total. The molecule has 4 N–H and O–H groups in total. The summed E-state index contributed by atoms with van der Waals surface area (Å²) in [5.41, 5.74) is 7.94. The third-order valence-corrected chi connectivity index (χ3v) is 3.55. The zero-order valence-electron chi connectivity index (χ0n) is 11.0. The Kier molecular flexibility index (Phi) is 4.59. The number of carbonyl (C=O) groups is 2. The predicted molar refractivity (Wildman–Crippen MR) is 84.3 cm³/mol. The number of benzene rings is 2. The van der Waals surface area contributed by atoms with Crippen molar-refractivity contribution in [2.75, 3.05) is 11.1 Å². The lowest BCUT2D eigenvalue weighted by molar-refractivity contribution is -0.136. The van der Waals surface area contributed by atoms with E-state index in [9.17, 15) is 9.59 Å². The number of carbonyl (C=O) groups excluding carboxylic acids is 1. The highest BCUT2D eigenvalue weighted by Crippen LogP contribution is 2.21. The van der Waals surface area contributed by atoms with Crippen LogP contribution in [-0.2, 0) is 11.2 Å². The third kappa shape index (κ3) is 4.06. The lowest BCUT2D eigenvalue weighted by atomic mass is 10.1. The van der Waals surface area contributed by atoms with Crippen LogP contribution in [0.1, 0.15) is 15.9 Å². The largest absolute Gasteiger partial charge is 0.481 e. The van der Waals surface area contributed by atoms with Crippen LogP contribution in [0.25, 0.3) is 0 Å². The molecule has 0 saturated carbocycles. The number of hydrogen-bond donors (Lipinski definition) is 3. The summed E-state index contributed by atoms with van der Waals surface area (Å²) >= 11 is 3.27. The van der Waals surface area contributed by atoms with E-state index in [2.05, 4.69) is 21.2 Å². The number of carboxylic acid groups (broad SMARTS) is 1. The molecule has 0 unspecified atom stereocenters. The lowest BCUT2D eigenvalue weighted by Crippen LogP contribution is -2.12. The van der Waals surface area contributed by atoms with E-state index in [1.807, 2.05) is 0 Å². The Morgan fingerprint density at radius 1 is 1.14 bits per heavy atom. The van der Waals surface area contributed by atoms with Crippen LogP contribution in [0.4, 0.5) is 11.4 Å². The Labute approximate surface area is 129 Å². The first-order valence-corrected chi connectivity index (χ1v) is 6.92. The first-order chi connectivity index (χ1) is 9.95. The standard InChI is InChI=1S/C15H13BrN2O3/c16-12-6-3-10(8-13(12)17)15(21)18-11-4-1-9(2-5-11)7-14(19)20/h1-6,8H,7,17H2,(H,18,21)(H,19,20). The van der Waals surface area contributed by atoms with Gasteiger partial charge in [-0.2, -0.15) is 0 Å². The average molecular weight is 349 g/mol. The molecule has 0 saturated heterocycles. The molecule has 1 amide bonds. The van der Waals surface area contributed by atoms with Crippen molar-refractivity contribution in [3.63, 3.8) is 0 Å². The highest BCUT2D eigenvalue weighted by atomic mass is 79.9. The van der Waals surface area contributed by atoms with Gasteiger partial charge in [-0.05, 0) is 51.8 Å². The fraction of sp³-hybridized carbons (Fsp3) is 0.0667. The van der Waals surface area contributed by atoms with Crippen molar-refractivity contribution >= 4 is 39.2 Å². The SMILES string of the molecule is Nc1cc(C(=O)Nc2ccc(CC(=O)O)cc2)ccc1Br. The van der Waals surface area contributed by atoms with Gasteiger partial charge in [-0.25, -0.2) is 0 Å². The Balaban J connectivity index is 2.08.